The summed E-state index contributed by atoms with van der Waals surface area (Å²) in [5, 5.41) is 8.82. The summed E-state index contributed by atoms with van der Waals surface area (Å²) in [7, 11) is 1.53. The Bertz CT molecular complexity index is 567. The Morgan fingerprint density at radius 2 is 2.36 bits per heavy atom. The summed E-state index contributed by atoms with van der Waals surface area (Å²) in [6.45, 7) is 0. The average molecular weight is 193 g/mol. The molecule has 0 amide bonds. The van der Waals surface area contributed by atoms with Crippen molar-refractivity contribution in [2.75, 3.05) is 0 Å². The zero-order valence-electron chi connectivity index (χ0n) is 7.31. The molecule has 0 aliphatic carbocycles. The largest absolute Gasteiger partial charge is 0.478 e. The number of carbonyl (C=O) groups is 1. The molecule has 0 unspecified atom stereocenters. The fraction of sp³-hybridized carbons (Fsp3) is 0.125. The first-order valence-electron chi connectivity index (χ1n) is 3.88. The number of nitrogens with one attached hydrogen (secondary N) is 1. The van der Waals surface area contributed by atoms with Crippen LogP contribution >= 0.6 is 0 Å². The first-order chi connectivity index (χ1) is 6.61. The van der Waals surface area contributed by atoms with Gasteiger partial charge in [-0.3, -0.25) is 4.57 Å². The molecule has 6 nitrogen and oxygen atoms in total. The second-order valence-electron chi connectivity index (χ2n) is 2.85. The van der Waals surface area contributed by atoms with Gasteiger partial charge in [0, 0.05) is 13.2 Å². The molecule has 0 bridgehead atoms. The Labute approximate surface area is 77.8 Å². The number of H-pyrrole nitrogens is 1. The molecule has 0 aromatic carbocycles. The van der Waals surface area contributed by atoms with Crippen molar-refractivity contribution in [3.63, 3.8) is 0 Å². The van der Waals surface area contributed by atoms with Gasteiger partial charge in [0.2, 0.25) is 0 Å². The molecule has 0 saturated heterocycles. The van der Waals surface area contributed by atoms with Gasteiger partial charge in [0.15, 0.2) is 5.65 Å². The van der Waals surface area contributed by atoms with Crippen molar-refractivity contribution in [1.82, 2.24) is 14.5 Å². The number of imidazole rings is 1. The molecule has 14 heavy (non-hydrogen) atoms. The van der Waals surface area contributed by atoms with Crippen LogP contribution in [0, 0.1) is 0 Å². The topological polar surface area (TPSA) is 88.0 Å². The van der Waals surface area contributed by atoms with Crippen LogP contribution in [-0.2, 0) is 7.05 Å². The minimum absolute atomic E-state index is 0.0488. The molecular formula is C8H7N3O3. The summed E-state index contributed by atoms with van der Waals surface area (Å²) in [5.41, 5.74) is 0.274. The van der Waals surface area contributed by atoms with E-state index in [1.54, 1.807) is 0 Å². The quantitative estimate of drug-likeness (QED) is 0.665. The third-order valence-corrected chi connectivity index (χ3v) is 2.02. The molecule has 0 saturated carbocycles. The third-order valence-electron chi connectivity index (χ3n) is 2.02. The van der Waals surface area contributed by atoms with E-state index in [4.69, 9.17) is 5.11 Å². The number of rotatable bonds is 1. The first-order valence-corrected chi connectivity index (χ1v) is 3.88. The highest BCUT2D eigenvalue weighted by molar-refractivity contribution is 5.99. The summed E-state index contributed by atoms with van der Waals surface area (Å²) in [4.78, 5) is 28.3. The number of aryl methyl sites for hydroxylation is 1. The second kappa shape index (κ2) is 2.69. The van der Waals surface area contributed by atoms with Gasteiger partial charge >= 0.3 is 11.7 Å². The van der Waals surface area contributed by atoms with Crippen LogP contribution in [0.25, 0.3) is 11.2 Å². The fourth-order valence-corrected chi connectivity index (χ4v) is 1.29. The van der Waals surface area contributed by atoms with Crippen LogP contribution in [0.4, 0.5) is 0 Å². The van der Waals surface area contributed by atoms with E-state index in [9.17, 15) is 9.59 Å². The standard InChI is InChI=1S/C8H7N3O3/c1-11-6-5(10-8(11)14)4(7(12)13)2-3-9-6/h2-3H,1H3,(H,10,14)(H,12,13). The highest BCUT2D eigenvalue weighted by atomic mass is 16.4. The zero-order chi connectivity index (χ0) is 10.3. The van der Waals surface area contributed by atoms with Crippen LogP contribution in [0.2, 0.25) is 0 Å². The summed E-state index contributed by atoms with van der Waals surface area (Å²) in [6.07, 6.45) is 1.36. The number of nitrogens with zero attached hydrogens (tertiary/aromatic N) is 2. The van der Waals surface area contributed by atoms with Crippen LogP contribution in [0.5, 0.6) is 0 Å². The Hall–Kier alpha value is -2.11. The molecule has 72 valence electrons. The normalized spacial score (nSPS) is 10.6. The van der Waals surface area contributed by atoms with Crippen molar-refractivity contribution in [2.45, 2.75) is 0 Å². The smallest absolute Gasteiger partial charge is 0.338 e. The average Bonchev–Trinajstić information content (AvgIpc) is 2.43. The van der Waals surface area contributed by atoms with Gasteiger partial charge in [-0.25, -0.2) is 14.6 Å². The van der Waals surface area contributed by atoms with E-state index in [0.29, 0.717) is 5.65 Å². The summed E-state index contributed by atoms with van der Waals surface area (Å²) >= 11 is 0. The highest BCUT2D eigenvalue weighted by Crippen LogP contribution is 2.11. The minimum Gasteiger partial charge on any atom is -0.478 e. The lowest BCUT2D eigenvalue weighted by molar-refractivity contribution is 0.0699. The van der Waals surface area contributed by atoms with E-state index >= 15 is 0 Å². The van der Waals surface area contributed by atoms with E-state index in [0.717, 1.165) is 0 Å². The zero-order valence-corrected chi connectivity index (χ0v) is 7.31. The molecular weight excluding hydrogens is 186 g/mol. The van der Waals surface area contributed by atoms with Crippen molar-refractivity contribution < 1.29 is 9.90 Å². The first kappa shape index (κ1) is 8.49. The van der Waals surface area contributed by atoms with Gasteiger partial charge in [-0.1, -0.05) is 0 Å². The van der Waals surface area contributed by atoms with Gasteiger partial charge in [0.05, 0.1) is 5.56 Å². The molecule has 6 heteroatoms. The van der Waals surface area contributed by atoms with Gasteiger partial charge in [0.1, 0.15) is 5.52 Å². The van der Waals surface area contributed by atoms with Crippen LogP contribution in [0.15, 0.2) is 17.1 Å². The van der Waals surface area contributed by atoms with E-state index in [1.807, 2.05) is 0 Å². The molecule has 2 rings (SSSR count). The van der Waals surface area contributed by atoms with Crippen molar-refractivity contribution in [3.8, 4) is 0 Å². The monoisotopic (exact) mass is 193 g/mol. The Morgan fingerprint density at radius 1 is 1.64 bits per heavy atom. The van der Waals surface area contributed by atoms with Crippen molar-refractivity contribution in [1.29, 1.82) is 0 Å². The van der Waals surface area contributed by atoms with Crippen molar-refractivity contribution in [2.24, 2.45) is 7.05 Å². The maximum absolute atomic E-state index is 11.2. The molecule has 2 N–H and O–H groups in total. The van der Waals surface area contributed by atoms with Crippen LogP contribution in [0.3, 0.4) is 0 Å². The molecule has 2 aromatic rings. The van der Waals surface area contributed by atoms with Gasteiger partial charge in [-0.05, 0) is 6.07 Å². The highest BCUT2D eigenvalue weighted by Gasteiger charge is 2.12. The molecule has 0 fully saturated rings. The van der Waals surface area contributed by atoms with Crippen LogP contribution in [0.1, 0.15) is 10.4 Å². The molecule has 0 spiro atoms. The molecule has 2 heterocycles. The number of pyridine rings is 1. The maximum atomic E-state index is 11.2. The lowest BCUT2D eigenvalue weighted by Crippen LogP contribution is -2.12. The van der Waals surface area contributed by atoms with Gasteiger partial charge < -0.3 is 10.1 Å². The van der Waals surface area contributed by atoms with E-state index in [2.05, 4.69) is 9.97 Å². The van der Waals surface area contributed by atoms with Crippen molar-refractivity contribution >= 4 is 17.1 Å². The molecule has 0 atom stereocenters. The number of aromatic nitrogens is 3. The Balaban J connectivity index is 2.95. The summed E-state index contributed by atoms with van der Waals surface area (Å²) in [6, 6.07) is 1.35. The molecule has 2 aromatic heterocycles. The predicted molar refractivity (Wildman–Crippen MR) is 48.3 cm³/mol. The predicted octanol–water partition coefficient (Wildman–Crippen LogP) is -0.0402. The van der Waals surface area contributed by atoms with Crippen LogP contribution in [-0.4, -0.2) is 25.6 Å². The number of hydrogen-bond acceptors (Lipinski definition) is 3. The summed E-state index contributed by atoms with van der Waals surface area (Å²) in [5.74, 6) is -1.08. The van der Waals surface area contributed by atoms with Gasteiger partial charge in [0.25, 0.3) is 0 Å². The van der Waals surface area contributed by atoms with E-state index in [1.165, 1.54) is 23.9 Å². The minimum atomic E-state index is -1.08. The number of aromatic carboxylic acids is 1. The molecule has 0 radical (unpaired) electrons. The number of hydrogen-bond donors (Lipinski definition) is 2. The lowest BCUT2D eigenvalue weighted by Gasteiger charge is -1.95. The third kappa shape index (κ3) is 1.00. The lowest BCUT2D eigenvalue weighted by atomic mass is 10.2. The van der Waals surface area contributed by atoms with Gasteiger partial charge in [-0.2, -0.15) is 0 Å². The van der Waals surface area contributed by atoms with Gasteiger partial charge in [-0.15, -0.1) is 0 Å². The maximum Gasteiger partial charge on any atom is 0.338 e. The van der Waals surface area contributed by atoms with E-state index in [-0.39, 0.29) is 16.8 Å². The number of carboxylic acids is 1. The molecule has 0 aliphatic rings. The van der Waals surface area contributed by atoms with Crippen molar-refractivity contribution in [3.05, 3.63) is 28.3 Å². The Kier molecular flexibility index (Phi) is 1.63. The number of fused-ring (bicyclic) bond motifs is 1. The Morgan fingerprint density at radius 3 is 3.00 bits per heavy atom. The fourth-order valence-electron chi connectivity index (χ4n) is 1.29. The van der Waals surface area contributed by atoms with Crippen LogP contribution < -0.4 is 5.69 Å². The second-order valence-corrected chi connectivity index (χ2v) is 2.85. The van der Waals surface area contributed by atoms with E-state index < -0.39 is 5.97 Å². The number of aromatic amines is 1. The number of carboxylic acid groups (broad SMARTS) is 1. The summed E-state index contributed by atoms with van der Waals surface area (Å²) < 4.78 is 1.27. The molecule has 0 aliphatic heterocycles. The SMILES string of the molecule is Cn1c(=O)[nH]c2c(C(=O)O)ccnc21.